The Balaban J connectivity index is 2.02. The third-order valence-corrected chi connectivity index (χ3v) is 4.70. The van der Waals surface area contributed by atoms with Crippen LogP contribution >= 0.6 is 11.8 Å². The summed E-state index contributed by atoms with van der Waals surface area (Å²) in [6.45, 7) is 2.72. The van der Waals surface area contributed by atoms with Crippen LogP contribution in [0, 0.1) is 10.1 Å². The molecule has 134 valence electrons. The van der Waals surface area contributed by atoms with E-state index < -0.39 is 10.8 Å². The maximum absolute atomic E-state index is 12.8. The number of thioether (sulfide) groups is 1. The molecule has 0 atom stereocenters. The third kappa shape index (κ3) is 3.41. The van der Waals surface area contributed by atoms with Crippen molar-refractivity contribution in [1.82, 2.24) is 9.55 Å². The summed E-state index contributed by atoms with van der Waals surface area (Å²) in [6.07, 6.45) is 2.72. The number of rotatable bonds is 6. The summed E-state index contributed by atoms with van der Waals surface area (Å²) < 4.78 is 1.91. The van der Waals surface area contributed by atoms with Gasteiger partial charge in [0.05, 0.1) is 16.0 Å². The molecule has 0 aliphatic rings. The molecule has 8 heteroatoms. The summed E-state index contributed by atoms with van der Waals surface area (Å²) in [4.78, 5) is 28.8. The van der Waals surface area contributed by atoms with Crippen LogP contribution in [0.5, 0.6) is 0 Å². The van der Waals surface area contributed by atoms with Gasteiger partial charge in [0, 0.05) is 17.5 Å². The molecule has 0 unspecified atom stereocenters. The Kier molecular flexibility index (Phi) is 5.22. The maximum atomic E-state index is 12.8. The van der Waals surface area contributed by atoms with Gasteiger partial charge < -0.3 is 4.57 Å². The molecule has 7 nitrogen and oxygen atoms in total. The first-order valence-electron chi connectivity index (χ1n) is 8.14. The van der Waals surface area contributed by atoms with E-state index in [1.165, 1.54) is 23.9 Å². The van der Waals surface area contributed by atoms with Crippen molar-refractivity contribution in [2.24, 2.45) is 0 Å². The summed E-state index contributed by atoms with van der Waals surface area (Å²) in [7, 11) is 0. The summed E-state index contributed by atoms with van der Waals surface area (Å²) in [5.41, 5.74) is 1.48. The van der Waals surface area contributed by atoms with Crippen LogP contribution in [0.1, 0.15) is 23.7 Å². The average Bonchev–Trinajstić information content (AvgIpc) is 2.98. The standard InChI is InChI=1S/C18H18N4O3S/c1-3-10-21-16-7-5-4-6-14(16)19-18(21)20-17(23)13-11-12(26-2)8-9-15(13)22(24)25/h4-9,11H,3,10H2,1-2H3,(H,19,20,23). The van der Waals surface area contributed by atoms with Crippen LogP contribution in [0.25, 0.3) is 11.0 Å². The normalized spacial score (nSPS) is 10.8. The molecule has 0 bridgehead atoms. The van der Waals surface area contributed by atoms with E-state index in [4.69, 9.17) is 0 Å². The zero-order valence-corrected chi connectivity index (χ0v) is 15.2. The Hall–Kier alpha value is -2.87. The van der Waals surface area contributed by atoms with E-state index >= 15 is 0 Å². The van der Waals surface area contributed by atoms with Crippen molar-refractivity contribution >= 4 is 40.3 Å². The van der Waals surface area contributed by atoms with Crippen molar-refractivity contribution < 1.29 is 9.72 Å². The molecule has 0 saturated heterocycles. The predicted molar refractivity (Wildman–Crippen MR) is 103 cm³/mol. The van der Waals surface area contributed by atoms with Crippen molar-refractivity contribution in [3.05, 3.63) is 58.1 Å². The Bertz CT molecular complexity index is 984. The minimum absolute atomic E-state index is 0.0250. The van der Waals surface area contributed by atoms with Crippen molar-refractivity contribution in [1.29, 1.82) is 0 Å². The summed E-state index contributed by atoms with van der Waals surface area (Å²) in [5, 5.41) is 14.0. The van der Waals surface area contributed by atoms with Gasteiger partial charge in [0.2, 0.25) is 5.95 Å². The predicted octanol–water partition coefficient (Wildman–Crippen LogP) is 4.33. The number of benzene rings is 2. The van der Waals surface area contributed by atoms with Crippen molar-refractivity contribution in [2.75, 3.05) is 11.6 Å². The van der Waals surface area contributed by atoms with Crippen LogP contribution in [-0.4, -0.2) is 26.6 Å². The molecule has 2 aromatic carbocycles. The monoisotopic (exact) mass is 370 g/mol. The number of amides is 1. The van der Waals surface area contributed by atoms with Gasteiger partial charge in [0.15, 0.2) is 0 Å². The molecule has 26 heavy (non-hydrogen) atoms. The number of nitrogens with one attached hydrogen (secondary N) is 1. The highest BCUT2D eigenvalue weighted by molar-refractivity contribution is 7.98. The second-order valence-electron chi connectivity index (χ2n) is 5.67. The number of hydrogen-bond donors (Lipinski definition) is 1. The van der Waals surface area contributed by atoms with Gasteiger partial charge in [-0.25, -0.2) is 4.98 Å². The van der Waals surface area contributed by atoms with Crippen molar-refractivity contribution in [3.8, 4) is 0 Å². The van der Waals surface area contributed by atoms with Crippen molar-refractivity contribution in [2.45, 2.75) is 24.8 Å². The zero-order valence-electron chi connectivity index (χ0n) is 14.4. The van der Waals surface area contributed by atoms with Crippen LogP contribution < -0.4 is 5.32 Å². The topological polar surface area (TPSA) is 90.1 Å². The van der Waals surface area contributed by atoms with Crippen LogP contribution in [0.4, 0.5) is 11.6 Å². The molecule has 0 saturated carbocycles. The average molecular weight is 370 g/mol. The van der Waals surface area contributed by atoms with Gasteiger partial charge >= 0.3 is 0 Å². The number of hydrogen-bond acceptors (Lipinski definition) is 5. The van der Waals surface area contributed by atoms with Gasteiger partial charge in [0.25, 0.3) is 11.6 Å². The summed E-state index contributed by atoms with van der Waals surface area (Å²) in [6, 6.07) is 12.1. The Morgan fingerprint density at radius 1 is 1.31 bits per heavy atom. The molecule has 3 rings (SSSR count). The van der Waals surface area contributed by atoms with E-state index in [-0.39, 0.29) is 11.3 Å². The first-order chi connectivity index (χ1) is 12.5. The Labute approximate surface area is 154 Å². The number of aryl methyl sites for hydroxylation is 1. The fourth-order valence-corrected chi connectivity index (χ4v) is 3.21. The van der Waals surface area contributed by atoms with Crippen molar-refractivity contribution in [3.63, 3.8) is 0 Å². The summed E-state index contributed by atoms with van der Waals surface area (Å²) >= 11 is 1.42. The fourth-order valence-electron chi connectivity index (χ4n) is 2.77. The molecule has 0 spiro atoms. The maximum Gasteiger partial charge on any atom is 0.282 e. The molecule has 0 radical (unpaired) electrons. The minimum atomic E-state index is -0.548. The van der Waals surface area contributed by atoms with Crippen LogP contribution in [0.15, 0.2) is 47.4 Å². The Morgan fingerprint density at radius 2 is 2.08 bits per heavy atom. The van der Waals surface area contributed by atoms with Gasteiger partial charge in [-0.2, -0.15) is 0 Å². The second-order valence-corrected chi connectivity index (χ2v) is 6.55. The molecule has 1 heterocycles. The molecule has 1 N–H and O–H groups in total. The lowest BCUT2D eigenvalue weighted by Crippen LogP contribution is -2.17. The highest BCUT2D eigenvalue weighted by Gasteiger charge is 2.22. The number of anilines is 1. The van der Waals surface area contributed by atoms with Gasteiger partial charge in [-0.3, -0.25) is 20.2 Å². The molecule has 1 aromatic heterocycles. The number of aromatic nitrogens is 2. The van der Waals surface area contributed by atoms with E-state index in [9.17, 15) is 14.9 Å². The van der Waals surface area contributed by atoms with Gasteiger partial charge in [0.1, 0.15) is 5.56 Å². The van der Waals surface area contributed by atoms with Gasteiger partial charge in [-0.15, -0.1) is 11.8 Å². The number of carbonyl (C=O) groups excluding carboxylic acids is 1. The molecule has 1 amide bonds. The number of para-hydroxylation sites is 2. The molecule has 0 fully saturated rings. The quantitative estimate of drug-likeness (QED) is 0.396. The minimum Gasteiger partial charge on any atom is -0.310 e. The number of nitrogens with zero attached hydrogens (tertiary/aromatic N) is 3. The smallest absolute Gasteiger partial charge is 0.282 e. The van der Waals surface area contributed by atoms with Crippen LogP contribution in [0.3, 0.4) is 0 Å². The fraction of sp³-hybridized carbons (Fsp3) is 0.222. The number of nitro benzene ring substituents is 1. The molecule has 3 aromatic rings. The van der Waals surface area contributed by atoms with Crippen LogP contribution in [0.2, 0.25) is 0 Å². The third-order valence-electron chi connectivity index (χ3n) is 3.97. The van der Waals surface area contributed by atoms with E-state index in [1.54, 1.807) is 6.07 Å². The molecule has 0 aliphatic heterocycles. The Morgan fingerprint density at radius 3 is 2.77 bits per heavy atom. The van der Waals surface area contributed by atoms with E-state index in [0.717, 1.165) is 22.3 Å². The van der Waals surface area contributed by atoms with E-state index in [0.29, 0.717) is 12.5 Å². The second kappa shape index (κ2) is 7.57. The highest BCUT2D eigenvalue weighted by atomic mass is 32.2. The number of fused-ring (bicyclic) bond motifs is 1. The van der Waals surface area contributed by atoms with Gasteiger partial charge in [-0.05, 0) is 36.9 Å². The number of carbonyl (C=O) groups is 1. The SMILES string of the molecule is CCCn1c(NC(=O)c2cc(SC)ccc2[N+](=O)[O-])nc2ccccc21. The highest BCUT2D eigenvalue weighted by Crippen LogP contribution is 2.26. The summed E-state index contributed by atoms with van der Waals surface area (Å²) in [5.74, 6) is -0.151. The lowest BCUT2D eigenvalue weighted by molar-refractivity contribution is -0.385. The lowest BCUT2D eigenvalue weighted by atomic mass is 10.1. The molecular formula is C18H18N4O3S. The number of nitro groups is 1. The first kappa shape index (κ1) is 17.9. The zero-order chi connectivity index (χ0) is 18.7. The van der Waals surface area contributed by atoms with Crippen LogP contribution in [-0.2, 0) is 6.54 Å². The lowest BCUT2D eigenvalue weighted by Gasteiger charge is -2.09. The molecular weight excluding hydrogens is 352 g/mol. The first-order valence-corrected chi connectivity index (χ1v) is 9.36. The molecule has 0 aliphatic carbocycles. The van der Waals surface area contributed by atoms with E-state index in [1.807, 2.05) is 42.0 Å². The van der Waals surface area contributed by atoms with Gasteiger partial charge in [-0.1, -0.05) is 19.1 Å². The number of imidazole rings is 1. The van der Waals surface area contributed by atoms with E-state index in [2.05, 4.69) is 10.3 Å². The largest absolute Gasteiger partial charge is 0.310 e.